The van der Waals surface area contributed by atoms with Gasteiger partial charge in [0.05, 0.1) is 5.25 Å². The van der Waals surface area contributed by atoms with Gasteiger partial charge in [-0.25, -0.2) is 13.1 Å². The minimum absolute atomic E-state index is 0.200. The van der Waals surface area contributed by atoms with E-state index < -0.39 is 10.0 Å². The fourth-order valence-electron chi connectivity index (χ4n) is 2.31. The third-order valence-electron chi connectivity index (χ3n) is 3.41. The van der Waals surface area contributed by atoms with Crippen LogP contribution in [0.1, 0.15) is 37.7 Å². The molecule has 1 aliphatic carbocycles. The molecule has 0 saturated heterocycles. The fraction of sp³-hybridized carbons (Fsp3) is 0.538. The van der Waals surface area contributed by atoms with Gasteiger partial charge in [0.25, 0.3) is 0 Å². The van der Waals surface area contributed by atoms with Crippen molar-refractivity contribution in [3.8, 4) is 0 Å². The molecule has 3 nitrogen and oxygen atoms in total. The molecule has 100 valence electrons. The predicted molar refractivity (Wildman–Crippen MR) is 76.8 cm³/mol. The predicted octanol–water partition coefficient (Wildman–Crippen LogP) is 3.20. The van der Waals surface area contributed by atoms with Crippen molar-refractivity contribution >= 4 is 26.0 Å². The Balaban J connectivity index is 1.98. The van der Waals surface area contributed by atoms with Crippen molar-refractivity contribution in [1.82, 2.24) is 4.72 Å². The third kappa shape index (κ3) is 3.56. The second kappa shape index (κ2) is 6.17. The highest BCUT2D eigenvalue weighted by atomic mass is 79.9. The molecule has 0 radical (unpaired) electrons. The molecule has 1 N–H and O–H groups in total. The zero-order chi connectivity index (χ0) is 13.0. The quantitative estimate of drug-likeness (QED) is 0.920. The molecule has 0 aromatic heterocycles. The van der Waals surface area contributed by atoms with Crippen LogP contribution in [0.2, 0.25) is 0 Å². The lowest BCUT2D eigenvalue weighted by Gasteiger charge is -2.22. The molecule has 0 bridgehead atoms. The summed E-state index contributed by atoms with van der Waals surface area (Å²) in [6.45, 7) is 0.361. The zero-order valence-corrected chi connectivity index (χ0v) is 12.6. The number of hydrogen-bond donors (Lipinski definition) is 1. The number of rotatable bonds is 4. The molecule has 0 unspecified atom stereocenters. The van der Waals surface area contributed by atoms with E-state index in [1.807, 2.05) is 24.3 Å². The lowest BCUT2D eigenvalue weighted by atomic mass is 10.0. The second-order valence-electron chi connectivity index (χ2n) is 4.72. The van der Waals surface area contributed by atoms with E-state index in [1.165, 1.54) is 0 Å². The molecule has 1 aromatic carbocycles. The Kier molecular flexibility index (Phi) is 4.81. The molecule has 18 heavy (non-hydrogen) atoms. The molecule has 0 aliphatic heterocycles. The minimum atomic E-state index is -3.17. The van der Waals surface area contributed by atoms with Gasteiger partial charge in [-0.3, -0.25) is 0 Å². The maximum Gasteiger partial charge on any atom is 0.214 e. The Morgan fingerprint density at radius 2 is 1.83 bits per heavy atom. The minimum Gasteiger partial charge on any atom is -0.212 e. The van der Waals surface area contributed by atoms with Crippen LogP contribution >= 0.6 is 15.9 Å². The van der Waals surface area contributed by atoms with Crippen molar-refractivity contribution in [2.45, 2.75) is 43.9 Å². The number of halogens is 1. The van der Waals surface area contributed by atoms with Gasteiger partial charge in [0.2, 0.25) is 10.0 Å². The maximum absolute atomic E-state index is 12.1. The van der Waals surface area contributed by atoms with Gasteiger partial charge in [-0.15, -0.1) is 0 Å². The fourth-order valence-corrected chi connectivity index (χ4v) is 4.28. The van der Waals surface area contributed by atoms with Gasteiger partial charge in [0, 0.05) is 11.0 Å². The number of sulfonamides is 1. The average Bonchev–Trinajstić information content (AvgIpc) is 2.39. The molecule has 1 aromatic rings. The molecule has 1 aliphatic rings. The number of hydrogen-bond acceptors (Lipinski definition) is 2. The molecular formula is C13H18BrNO2S. The summed E-state index contributed by atoms with van der Waals surface area (Å²) in [5, 5.41) is -0.200. The molecule has 1 fully saturated rings. The van der Waals surface area contributed by atoms with Gasteiger partial charge in [0.1, 0.15) is 0 Å². The topological polar surface area (TPSA) is 46.2 Å². The van der Waals surface area contributed by atoms with E-state index in [4.69, 9.17) is 0 Å². The Morgan fingerprint density at radius 1 is 1.17 bits per heavy atom. The highest BCUT2D eigenvalue weighted by Crippen LogP contribution is 2.23. The lowest BCUT2D eigenvalue weighted by molar-refractivity contribution is 0.477. The highest BCUT2D eigenvalue weighted by molar-refractivity contribution is 9.10. The summed E-state index contributed by atoms with van der Waals surface area (Å²) in [7, 11) is -3.17. The van der Waals surface area contributed by atoms with Crippen molar-refractivity contribution in [2.75, 3.05) is 0 Å². The van der Waals surface area contributed by atoms with E-state index in [-0.39, 0.29) is 5.25 Å². The Labute approximate surface area is 117 Å². The molecule has 0 spiro atoms. The first-order valence-corrected chi connectivity index (χ1v) is 8.65. The Hall–Kier alpha value is -0.390. The van der Waals surface area contributed by atoms with Crippen molar-refractivity contribution < 1.29 is 8.42 Å². The van der Waals surface area contributed by atoms with Crippen LogP contribution < -0.4 is 4.72 Å². The zero-order valence-electron chi connectivity index (χ0n) is 10.2. The van der Waals surface area contributed by atoms with Gasteiger partial charge < -0.3 is 0 Å². The molecule has 0 heterocycles. The summed E-state index contributed by atoms with van der Waals surface area (Å²) in [5.41, 5.74) is 0.969. The molecule has 0 amide bonds. The normalized spacial score (nSPS) is 17.8. The van der Waals surface area contributed by atoms with Crippen molar-refractivity contribution in [3.05, 3.63) is 34.3 Å². The number of benzene rings is 1. The largest absolute Gasteiger partial charge is 0.214 e. The average molecular weight is 332 g/mol. The smallest absolute Gasteiger partial charge is 0.212 e. The van der Waals surface area contributed by atoms with E-state index >= 15 is 0 Å². The number of nitrogens with one attached hydrogen (secondary N) is 1. The van der Waals surface area contributed by atoms with E-state index in [2.05, 4.69) is 20.7 Å². The van der Waals surface area contributed by atoms with Crippen LogP contribution in [0.15, 0.2) is 28.7 Å². The lowest BCUT2D eigenvalue weighted by Crippen LogP contribution is -2.35. The molecular weight excluding hydrogens is 314 g/mol. The van der Waals surface area contributed by atoms with Crippen LogP contribution in [0.5, 0.6) is 0 Å². The van der Waals surface area contributed by atoms with Crippen LogP contribution in [0.25, 0.3) is 0 Å². The summed E-state index contributed by atoms with van der Waals surface area (Å²) >= 11 is 3.43. The van der Waals surface area contributed by atoms with E-state index in [0.717, 1.165) is 42.1 Å². The molecule has 0 atom stereocenters. The first-order valence-electron chi connectivity index (χ1n) is 6.31. The van der Waals surface area contributed by atoms with Crippen LogP contribution in [0.4, 0.5) is 0 Å². The summed E-state index contributed by atoms with van der Waals surface area (Å²) in [4.78, 5) is 0. The van der Waals surface area contributed by atoms with E-state index in [1.54, 1.807) is 0 Å². The van der Waals surface area contributed by atoms with Crippen LogP contribution in [-0.2, 0) is 16.6 Å². The monoisotopic (exact) mass is 331 g/mol. The molecule has 5 heteroatoms. The second-order valence-corrected chi connectivity index (χ2v) is 7.62. The summed E-state index contributed by atoms with van der Waals surface area (Å²) in [5.74, 6) is 0. The first-order chi connectivity index (χ1) is 8.59. The standard InChI is InChI=1S/C13H18BrNO2S/c14-13-9-5-4-6-11(13)10-15-18(16,17)12-7-2-1-3-8-12/h4-6,9,12,15H,1-3,7-8,10H2. The maximum atomic E-state index is 12.1. The van der Waals surface area contributed by atoms with Gasteiger partial charge in [0.15, 0.2) is 0 Å². The van der Waals surface area contributed by atoms with Gasteiger partial charge in [-0.05, 0) is 24.5 Å². The van der Waals surface area contributed by atoms with E-state index in [9.17, 15) is 8.42 Å². The van der Waals surface area contributed by atoms with Crippen LogP contribution in [0.3, 0.4) is 0 Å². The molecule has 2 rings (SSSR count). The highest BCUT2D eigenvalue weighted by Gasteiger charge is 2.26. The summed E-state index contributed by atoms with van der Waals surface area (Å²) in [6.07, 6.45) is 4.81. The Morgan fingerprint density at radius 3 is 2.50 bits per heavy atom. The van der Waals surface area contributed by atoms with Crippen molar-refractivity contribution in [2.24, 2.45) is 0 Å². The van der Waals surface area contributed by atoms with Gasteiger partial charge in [-0.1, -0.05) is 53.4 Å². The van der Waals surface area contributed by atoms with Crippen molar-refractivity contribution in [3.63, 3.8) is 0 Å². The summed E-state index contributed by atoms with van der Waals surface area (Å²) in [6, 6.07) is 7.68. The van der Waals surface area contributed by atoms with Crippen LogP contribution in [0, 0.1) is 0 Å². The van der Waals surface area contributed by atoms with Crippen molar-refractivity contribution in [1.29, 1.82) is 0 Å². The van der Waals surface area contributed by atoms with Crippen LogP contribution in [-0.4, -0.2) is 13.7 Å². The SMILES string of the molecule is O=S(=O)(NCc1ccccc1Br)C1CCCCC1. The van der Waals surface area contributed by atoms with Gasteiger partial charge in [-0.2, -0.15) is 0 Å². The van der Waals surface area contributed by atoms with E-state index in [0.29, 0.717) is 6.54 Å². The Bertz CT molecular complexity index is 495. The first kappa shape index (κ1) is 14.0. The third-order valence-corrected chi connectivity index (χ3v) is 6.08. The summed E-state index contributed by atoms with van der Waals surface area (Å²) < 4.78 is 28.0. The van der Waals surface area contributed by atoms with Gasteiger partial charge >= 0.3 is 0 Å². The molecule has 1 saturated carbocycles.